The molecule has 0 saturated heterocycles. The molecule has 0 unspecified atom stereocenters. The number of halogens is 3. The molecule has 7 nitrogen and oxygen atoms in total. The van der Waals surface area contributed by atoms with Crippen LogP contribution < -0.4 is 9.62 Å². The van der Waals surface area contributed by atoms with Crippen molar-refractivity contribution >= 4 is 50.7 Å². The molecule has 11 heteroatoms. The summed E-state index contributed by atoms with van der Waals surface area (Å²) < 4.78 is 42.4. The van der Waals surface area contributed by atoms with Crippen LogP contribution in [-0.2, 0) is 26.2 Å². The highest BCUT2D eigenvalue weighted by molar-refractivity contribution is 7.92. The Kier molecular flexibility index (Phi) is 11.1. The molecule has 0 bridgehead atoms. The summed E-state index contributed by atoms with van der Waals surface area (Å²) in [5, 5.41) is 3.86. The molecule has 43 heavy (non-hydrogen) atoms. The van der Waals surface area contributed by atoms with Crippen molar-refractivity contribution < 1.29 is 22.4 Å². The average molecular weight is 649 g/mol. The number of nitrogens with one attached hydrogen (secondary N) is 1. The Balaban J connectivity index is 1.72. The summed E-state index contributed by atoms with van der Waals surface area (Å²) in [6.45, 7) is 3.04. The van der Waals surface area contributed by atoms with E-state index in [1.165, 1.54) is 4.90 Å². The molecule has 2 amide bonds. The van der Waals surface area contributed by atoms with E-state index in [2.05, 4.69) is 5.32 Å². The minimum atomic E-state index is -4.30. The largest absolute Gasteiger partial charge is 0.352 e. The highest BCUT2D eigenvalue weighted by atomic mass is 35.5. The molecule has 1 saturated carbocycles. The fourth-order valence-corrected chi connectivity index (χ4v) is 7.15. The molecule has 0 spiro atoms. The summed E-state index contributed by atoms with van der Waals surface area (Å²) in [5.74, 6) is -1.48. The van der Waals surface area contributed by atoms with Gasteiger partial charge in [0.25, 0.3) is 10.0 Å². The molecule has 230 valence electrons. The monoisotopic (exact) mass is 647 g/mol. The van der Waals surface area contributed by atoms with Crippen LogP contribution in [0.25, 0.3) is 0 Å². The van der Waals surface area contributed by atoms with Crippen LogP contribution in [0.3, 0.4) is 0 Å². The summed E-state index contributed by atoms with van der Waals surface area (Å²) in [7, 11) is -4.30. The lowest BCUT2D eigenvalue weighted by Crippen LogP contribution is -2.54. The number of nitrogens with zero attached hydrogens (tertiary/aromatic N) is 2. The van der Waals surface area contributed by atoms with Gasteiger partial charge in [0.1, 0.15) is 18.4 Å². The van der Waals surface area contributed by atoms with Gasteiger partial charge in [-0.2, -0.15) is 0 Å². The second-order valence-corrected chi connectivity index (χ2v) is 13.5. The molecule has 1 fully saturated rings. The van der Waals surface area contributed by atoms with Gasteiger partial charge in [-0.1, -0.05) is 73.2 Å². The Morgan fingerprint density at radius 3 is 2.23 bits per heavy atom. The standard InChI is InChI=1S/C32H36Cl2FN3O4S/c1-3-30(32(40)36-26-7-5-4-6-8-26)37(20-23-11-12-24(33)19-29(23)34)31(39)21-38(27-15-9-22(2)10-16-27)43(41,42)28-17-13-25(35)14-18-28/h9-19,26,30H,3-8,20-21H2,1-2H3,(H,36,40)/t30-/m0/s1. The van der Waals surface area contributed by atoms with Crippen molar-refractivity contribution in [2.45, 2.75) is 75.9 Å². The third-order valence-corrected chi connectivity index (χ3v) is 10.1. The van der Waals surface area contributed by atoms with Gasteiger partial charge in [0.05, 0.1) is 10.6 Å². The predicted molar refractivity (Wildman–Crippen MR) is 168 cm³/mol. The summed E-state index contributed by atoms with van der Waals surface area (Å²) in [5.41, 5.74) is 1.72. The van der Waals surface area contributed by atoms with Crippen molar-refractivity contribution in [3.05, 3.63) is 93.7 Å². The van der Waals surface area contributed by atoms with Crippen molar-refractivity contribution in [2.75, 3.05) is 10.8 Å². The molecule has 0 heterocycles. The number of anilines is 1. The third-order valence-electron chi connectivity index (χ3n) is 7.70. The van der Waals surface area contributed by atoms with Gasteiger partial charge in [-0.15, -0.1) is 0 Å². The van der Waals surface area contributed by atoms with E-state index >= 15 is 0 Å². The van der Waals surface area contributed by atoms with Gasteiger partial charge in [0, 0.05) is 22.6 Å². The van der Waals surface area contributed by atoms with Gasteiger partial charge in [-0.3, -0.25) is 13.9 Å². The first-order valence-electron chi connectivity index (χ1n) is 14.4. The van der Waals surface area contributed by atoms with Crippen molar-refractivity contribution in [1.29, 1.82) is 0 Å². The number of amides is 2. The van der Waals surface area contributed by atoms with E-state index in [-0.39, 0.29) is 29.1 Å². The first kappa shape index (κ1) is 32.8. The number of aryl methyl sites for hydroxylation is 1. The van der Waals surface area contributed by atoms with Gasteiger partial charge in [-0.25, -0.2) is 12.8 Å². The maximum absolute atomic E-state index is 14.2. The molecular formula is C32H36Cl2FN3O4S. The fraction of sp³-hybridized carbons (Fsp3) is 0.375. The molecule has 0 aromatic heterocycles. The molecule has 4 rings (SSSR count). The Hall–Kier alpha value is -3.14. The zero-order chi connectivity index (χ0) is 31.1. The first-order chi connectivity index (χ1) is 20.5. The average Bonchev–Trinajstić information content (AvgIpc) is 2.98. The zero-order valence-corrected chi connectivity index (χ0v) is 26.6. The lowest BCUT2D eigenvalue weighted by molar-refractivity contribution is -0.140. The maximum atomic E-state index is 14.2. The van der Waals surface area contributed by atoms with E-state index < -0.39 is 34.3 Å². The zero-order valence-electron chi connectivity index (χ0n) is 24.2. The second kappa shape index (κ2) is 14.6. The molecule has 0 radical (unpaired) electrons. The van der Waals surface area contributed by atoms with Crippen LogP contribution >= 0.6 is 23.2 Å². The lowest BCUT2D eigenvalue weighted by Gasteiger charge is -2.34. The molecule has 0 aliphatic heterocycles. The van der Waals surface area contributed by atoms with Crippen LogP contribution in [0.15, 0.2) is 71.6 Å². The Bertz CT molecular complexity index is 1530. The smallest absolute Gasteiger partial charge is 0.264 e. The number of hydrogen-bond acceptors (Lipinski definition) is 4. The van der Waals surface area contributed by atoms with Crippen LogP contribution in [0.1, 0.15) is 56.6 Å². The van der Waals surface area contributed by atoms with Gasteiger partial charge in [0.2, 0.25) is 11.8 Å². The first-order valence-corrected chi connectivity index (χ1v) is 16.6. The van der Waals surface area contributed by atoms with Crippen LogP contribution in [0.5, 0.6) is 0 Å². The number of benzene rings is 3. The fourth-order valence-electron chi connectivity index (χ4n) is 5.27. The van der Waals surface area contributed by atoms with Gasteiger partial charge < -0.3 is 10.2 Å². The quantitative estimate of drug-likeness (QED) is 0.245. The summed E-state index contributed by atoms with van der Waals surface area (Å²) in [6, 6.07) is 15.2. The van der Waals surface area contributed by atoms with Gasteiger partial charge in [0.15, 0.2) is 0 Å². The van der Waals surface area contributed by atoms with E-state index in [1.807, 2.05) is 13.8 Å². The summed E-state index contributed by atoms with van der Waals surface area (Å²) in [6.07, 6.45) is 5.22. The predicted octanol–water partition coefficient (Wildman–Crippen LogP) is 6.89. The van der Waals surface area contributed by atoms with E-state index in [1.54, 1.807) is 42.5 Å². The number of carbonyl (C=O) groups excluding carboxylic acids is 2. The van der Waals surface area contributed by atoms with Crippen LogP contribution in [-0.4, -0.2) is 43.8 Å². The Morgan fingerprint density at radius 1 is 0.977 bits per heavy atom. The maximum Gasteiger partial charge on any atom is 0.264 e. The van der Waals surface area contributed by atoms with E-state index in [0.29, 0.717) is 22.0 Å². The Morgan fingerprint density at radius 2 is 1.63 bits per heavy atom. The van der Waals surface area contributed by atoms with E-state index in [9.17, 15) is 22.4 Å². The minimum Gasteiger partial charge on any atom is -0.352 e. The number of sulfonamides is 1. The van der Waals surface area contributed by atoms with Crippen LogP contribution in [0.2, 0.25) is 10.0 Å². The SMILES string of the molecule is CC[C@@H](C(=O)NC1CCCCC1)N(Cc1ccc(Cl)cc1Cl)C(=O)CN(c1ccc(C)cc1)S(=O)(=O)c1ccc(F)cc1. The highest BCUT2D eigenvalue weighted by Crippen LogP contribution is 2.27. The number of carbonyl (C=O) groups is 2. The molecular weight excluding hydrogens is 612 g/mol. The third kappa shape index (κ3) is 8.28. The van der Waals surface area contributed by atoms with Crippen molar-refractivity contribution in [2.24, 2.45) is 0 Å². The second-order valence-electron chi connectivity index (χ2n) is 10.8. The van der Waals surface area contributed by atoms with Crippen LogP contribution in [0.4, 0.5) is 10.1 Å². The van der Waals surface area contributed by atoms with Gasteiger partial charge in [-0.05, 0) is 80.3 Å². The van der Waals surface area contributed by atoms with E-state index in [0.717, 1.165) is 66.2 Å². The molecule has 1 aliphatic carbocycles. The molecule has 1 atom stereocenters. The minimum absolute atomic E-state index is 0.0225. The normalized spacial score (nSPS) is 14.6. The van der Waals surface area contributed by atoms with Crippen molar-refractivity contribution in [3.8, 4) is 0 Å². The summed E-state index contributed by atoms with van der Waals surface area (Å²) in [4.78, 5) is 29.1. The molecule has 3 aromatic rings. The van der Waals surface area contributed by atoms with Crippen molar-refractivity contribution in [3.63, 3.8) is 0 Å². The Labute approximate surface area is 263 Å². The van der Waals surface area contributed by atoms with Crippen molar-refractivity contribution in [1.82, 2.24) is 10.2 Å². The highest BCUT2D eigenvalue weighted by Gasteiger charge is 2.34. The number of rotatable bonds is 11. The van der Waals surface area contributed by atoms with Gasteiger partial charge >= 0.3 is 0 Å². The number of hydrogen-bond donors (Lipinski definition) is 1. The molecule has 1 aliphatic rings. The topological polar surface area (TPSA) is 86.8 Å². The van der Waals surface area contributed by atoms with E-state index in [4.69, 9.17) is 23.2 Å². The molecule has 1 N–H and O–H groups in total. The molecule has 3 aromatic carbocycles. The summed E-state index contributed by atoms with van der Waals surface area (Å²) >= 11 is 12.6. The van der Waals surface area contributed by atoms with Crippen LogP contribution in [0, 0.1) is 12.7 Å². The lowest BCUT2D eigenvalue weighted by atomic mass is 9.95.